The number of aliphatic imine (C=N–C) groups is 1. The highest BCUT2D eigenvalue weighted by molar-refractivity contribution is 7.85. The summed E-state index contributed by atoms with van der Waals surface area (Å²) in [5.74, 6) is -0.886. The van der Waals surface area contributed by atoms with E-state index in [1.807, 2.05) is 0 Å². The van der Waals surface area contributed by atoms with Crippen molar-refractivity contribution in [3.63, 3.8) is 0 Å². The van der Waals surface area contributed by atoms with E-state index in [2.05, 4.69) is 36.3 Å². The molecule has 47 heavy (non-hydrogen) atoms. The van der Waals surface area contributed by atoms with Crippen LogP contribution in [0.25, 0.3) is 11.1 Å². The number of anilines is 2. The van der Waals surface area contributed by atoms with Crippen LogP contribution in [0.5, 0.6) is 0 Å². The van der Waals surface area contributed by atoms with Crippen LogP contribution >= 0.6 is 11.6 Å². The number of guanidine groups is 1. The van der Waals surface area contributed by atoms with Gasteiger partial charge in [-0.3, -0.25) is 38.5 Å². The van der Waals surface area contributed by atoms with E-state index in [4.69, 9.17) is 23.1 Å². The largest absolute Gasteiger partial charge is 0.370 e. The number of carbonyl (C=O) groups is 4. The zero-order valence-corrected chi connectivity index (χ0v) is 27.4. The Balaban J connectivity index is 1.49. The van der Waals surface area contributed by atoms with Crippen molar-refractivity contribution in [2.75, 3.05) is 40.8 Å². The third-order valence-electron chi connectivity index (χ3n) is 7.28. The lowest BCUT2D eigenvalue weighted by atomic mass is 10.0. The average Bonchev–Trinajstić information content (AvgIpc) is 3.69. The molecule has 1 unspecified atom stereocenters. The summed E-state index contributed by atoms with van der Waals surface area (Å²) in [5.41, 5.74) is 17.4. The van der Waals surface area contributed by atoms with Crippen LogP contribution in [-0.4, -0.2) is 73.7 Å². The van der Waals surface area contributed by atoms with Gasteiger partial charge >= 0.3 is 0 Å². The maximum absolute atomic E-state index is 13.5. The number of H-pyrrole nitrogens is 2. The predicted molar refractivity (Wildman–Crippen MR) is 182 cm³/mol. The molecule has 15 nitrogen and oxygen atoms in total. The summed E-state index contributed by atoms with van der Waals surface area (Å²) in [6, 6.07) is 7.04. The summed E-state index contributed by atoms with van der Waals surface area (Å²) in [6.45, 7) is 5.52. The summed E-state index contributed by atoms with van der Waals surface area (Å²) in [6.07, 6.45) is 5.05. The van der Waals surface area contributed by atoms with Gasteiger partial charge in [0, 0.05) is 58.4 Å². The van der Waals surface area contributed by atoms with Crippen LogP contribution in [0.1, 0.15) is 48.2 Å². The number of aromatic amines is 2. The van der Waals surface area contributed by atoms with Gasteiger partial charge in [0.15, 0.2) is 5.96 Å². The van der Waals surface area contributed by atoms with E-state index in [0.29, 0.717) is 50.7 Å². The van der Waals surface area contributed by atoms with E-state index in [1.165, 1.54) is 17.1 Å². The number of nitrogens with one attached hydrogen (secondary N) is 6. The van der Waals surface area contributed by atoms with E-state index in [0.717, 1.165) is 5.56 Å². The molecule has 0 bridgehead atoms. The number of aromatic nitrogens is 3. The zero-order chi connectivity index (χ0) is 34.2. The molecule has 0 fully saturated rings. The molecular formula is C30H35ClN10O5S. The number of carbonyl (C=O) groups excluding carboxylic acids is 4. The minimum absolute atomic E-state index is 0.0753. The molecule has 248 valence electrons. The van der Waals surface area contributed by atoms with Crippen molar-refractivity contribution < 1.29 is 23.4 Å². The molecule has 3 aromatic heterocycles. The first-order valence-electron chi connectivity index (χ1n) is 14.3. The van der Waals surface area contributed by atoms with Crippen LogP contribution in [0.15, 0.2) is 52.7 Å². The zero-order valence-electron chi connectivity index (χ0n) is 25.8. The first kappa shape index (κ1) is 34.5. The van der Waals surface area contributed by atoms with Crippen LogP contribution in [0.4, 0.5) is 11.4 Å². The van der Waals surface area contributed by atoms with Crippen LogP contribution in [0.3, 0.4) is 0 Å². The van der Waals surface area contributed by atoms with Crippen molar-refractivity contribution in [3.8, 4) is 11.1 Å². The van der Waals surface area contributed by atoms with Crippen molar-refractivity contribution in [1.29, 1.82) is 0 Å². The molecule has 0 aliphatic rings. The van der Waals surface area contributed by atoms with Crippen LogP contribution in [0, 0.1) is 20.8 Å². The molecule has 0 saturated carbocycles. The van der Waals surface area contributed by atoms with Crippen molar-refractivity contribution in [1.82, 2.24) is 20.0 Å². The second kappa shape index (κ2) is 15.3. The Morgan fingerprint density at radius 3 is 2.11 bits per heavy atom. The lowest BCUT2D eigenvalue weighted by Gasteiger charge is -2.10. The van der Waals surface area contributed by atoms with Gasteiger partial charge in [0.25, 0.3) is 17.7 Å². The Morgan fingerprint density at radius 1 is 0.936 bits per heavy atom. The van der Waals surface area contributed by atoms with E-state index in [9.17, 15) is 23.4 Å². The molecular weight excluding hydrogens is 648 g/mol. The smallest absolute Gasteiger partial charge is 0.274 e. The minimum Gasteiger partial charge on any atom is -0.370 e. The Morgan fingerprint density at radius 2 is 1.53 bits per heavy atom. The van der Waals surface area contributed by atoms with Gasteiger partial charge in [0.2, 0.25) is 6.41 Å². The number of halogens is 1. The fourth-order valence-electron chi connectivity index (χ4n) is 4.83. The van der Waals surface area contributed by atoms with Crippen LogP contribution in [-0.2, 0) is 15.6 Å². The van der Waals surface area contributed by atoms with E-state index in [1.54, 1.807) is 51.2 Å². The second-order valence-corrected chi connectivity index (χ2v) is 12.2. The molecule has 1 aromatic carbocycles. The molecule has 4 aromatic rings. The van der Waals surface area contributed by atoms with Gasteiger partial charge in [-0.15, -0.1) is 11.6 Å². The maximum atomic E-state index is 13.5. The highest BCUT2D eigenvalue weighted by Gasteiger charge is 2.24. The van der Waals surface area contributed by atoms with E-state index in [-0.39, 0.29) is 42.0 Å². The molecule has 0 aliphatic carbocycles. The Bertz CT molecular complexity index is 1850. The molecule has 0 radical (unpaired) electrons. The first-order valence-corrected chi connectivity index (χ1v) is 16.1. The van der Waals surface area contributed by atoms with Gasteiger partial charge < -0.3 is 37.4 Å². The summed E-state index contributed by atoms with van der Waals surface area (Å²) in [5, 5.41) is 8.26. The number of nitrogens with two attached hydrogens (primary N) is 2. The number of hydrogen-bond acceptors (Lipinski definition) is 6. The van der Waals surface area contributed by atoms with Gasteiger partial charge in [-0.2, -0.15) is 0 Å². The molecule has 4 amide bonds. The van der Waals surface area contributed by atoms with E-state index >= 15 is 0 Å². The SMILES string of the molecule is Cc1c(NC(=O)c2[nH]cc(NC(=O)c3c(C)c(-c4ccc(S(=O)CCCl)cc4)cn3NC=O)c2C)c[nH]c1C(=O)NCCN=C(N)N. The highest BCUT2D eigenvalue weighted by Crippen LogP contribution is 2.30. The molecule has 1 atom stereocenters. The van der Waals surface area contributed by atoms with Crippen molar-refractivity contribution in [2.45, 2.75) is 25.7 Å². The van der Waals surface area contributed by atoms with Crippen molar-refractivity contribution in [2.24, 2.45) is 16.5 Å². The molecule has 3 heterocycles. The number of nitrogens with zero attached hydrogens (tertiary/aromatic N) is 2. The third-order valence-corrected chi connectivity index (χ3v) is 9.06. The standard InChI is InChI=1S/C30H35ClN10O5S/c1-16-21(19-4-6-20(7-5-19)47(46)11-8-31)14-41(38-15-42)26(16)29(45)40-23-13-37-25(18(23)3)28(44)39-22-12-36-24(17(22)2)27(43)34-9-10-35-30(32)33/h4-7,12-15,36-37H,8-11H2,1-3H3,(H,34,43)(H,38,42)(H,39,44)(H,40,45)(H4,32,33,35). The molecule has 0 saturated heterocycles. The van der Waals surface area contributed by atoms with E-state index < -0.39 is 28.5 Å². The lowest BCUT2D eigenvalue weighted by Crippen LogP contribution is -2.29. The normalized spacial score (nSPS) is 11.4. The molecule has 4 rings (SSSR count). The summed E-state index contributed by atoms with van der Waals surface area (Å²) >= 11 is 5.72. The predicted octanol–water partition coefficient (Wildman–Crippen LogP) is 2.29. The molecule has 0 aliphatic heterocycles. The number of hydrogen-bond donors (Lipinski definition) is 8. The molecule has 0 spiro atoms. The Labute approximate surface area is 277 Å². The van der Waals surface area contributed by atoms with Crippen molar-refractivity contribution >= 4 is 63.9 Å². The number of rotatable bonds is 14. The van der Waals surface area contributed by atoms with Gasteiger partial charge in [-0.1, -0.05) is 12.1 Å². The third kappa shape index (κ3) is 7.90. The highest BCUT2D eigenvalue weighted by atomic mass is 35.5. The Hall–Kier alpha value is -5.35. The maximum Gasteiger partial charge on any atom is 0.274 e. The second-order valence-electron chi connectivity index (χ2n) is 10.3. The minimum atomic E-state index is -1.23. The Kier molecular flexibility index (Phi) is 11.2. The lowest BCUT2D eigenvalue weighted by molar-refractivity contribution is -0.106. The van der Waals surface area contributed by atoms with Crippen LogP contribution in [0.2, 0.25) is 0 Å². The van der Waals surface area contributed by atoms with Crippen LogP contribution < -0.4 is 32.8 Å². The number of alkyl halides is 1. The molecule has 10 N–H and O–H groups in total. The van der Waals surface area contributed by atoms with Gasteiger partial charge in [-0.05, 0) is 44.0 Å². The summed E-state index contributed by atoms with van der Waals surface area (Å²) in [7, 11) is -1.23. The first-order chi connectivity index (χ1) is 22.5. The summed E-state index contributed by atoms with van der Waals surface area (Å²) in [4.78, 5) is 60.8. The number of amides is 4. The topological polar surface area (TPSA) is 234 Å². The fraction of sp³-hybridized carbons (Fsp3) is 0.233. The van der Waals surface area contributed by atoms with Gasteiger partial charge in [0.1, 0.15) is 17.1 Å². The average molecular weight is 683 g/mol. The number of benzene rings is 1. The summed E-state index contributed by atoms with van der Waals surface area (Å²) < 4.78 is 13.6. The van der Waals surface area contributed by atoms with Gasteiger partial charge in [0.05, 0.1) is 28.7 Å². The fourth-order valence-corrected chi connectivity index (χ4v) is 6.07. The monoisotopic (exact) mass is 682 g/mol. The van der Waals surface area contributed by atoms with Crippen molar-refractivity contribution in [3.05, 3.63) is 76.6 Å². The quantitative estimate of drug-likeness (QED) is 0.0324. The van der Waals surface area contributed by atoms with Gasteiger partial charge in [-0.25, -0.2) is 0 Å². The molecule has 17 heteroatoms.